The van der Waals surface area contributed by atoms with Gasteiger partial charge in [-0.05, 0) is 24.1 Å². The standard InChI is InChI=1S/C11H12BrClO/c1-7(2)5-11(14)9-6-8(12)3-4-10(9)13/h3-4,6-7H,5H2,1-2H3. The average Bonchev–Trinajstić information content (AvgIpc) is 2.08. The largest absolute Gasteiger partial charge is 0.294 e. The molecule has 1 aromatic rings. The second kappa shape index (κ2) is 4.94. The van der Waals surface area contributed by atoms with Gasteiger partial charge in [0.15, 0.2) is 5.78 Å². The molecule has 0 atom stereocenters. The minimum absolute atomic E-state index is 0.103. The third-order valence-electron chi connectivity index (χ3n) is 1.82. The van der Waals surface area contributed by atoms with Gasteiger partial charge in [0, 0.05) is 16.5 Å². The molecule has 0 spiro atoms. The monoisotopic (exact) mass is 274 g/mol. The van der Waals surface area contributed by atoms with Gasteiger partial charge < -0.3 is 0 Å². The zero-order valence-corrected chi connectivity index (χ0v) is 10.5. The third kappa shape index (κ3) is 3.10. The molecule has 0 radical (unpaired) electrons. The molecule has 0 unspecified atom stereocenters. The van der Waals surface area contributed by atoms with E-state index in [1.807, 2.05) is 19.9 Å². The maximum Gasteiger partial charge on any atom is 0.164 e. The molecule has 76 valence electrons. The lowest BCUT2D eigenvalue weighted by Gasteiger charge is -2.06. The SMILES string of the molecule is CC(C)CC(=O)c1cc(Br)ccc1Cl. The van der Waals surface area contributed by atoms with Crippen molar-refractivity contribution < 1.29 is 4.79 Å². The number of Topliss-reactive ketones (excluding diaryl/α,β-unsaturated/α-hetero) is 1. The fourth-order valence-electron chi connectivity index (χ4n) is 1.19. The van der Waals surface area contributed by atoms with E-state index in [1.165, 1.54) is 0 Å². The Hall–Kier alpha value is -0.340. The van der Waals surface area contributed by atoms with Crippen LogP contribution in [0.2, 0.25) is 5.02 Å². The average molecular weight is 276 g/mol. The van der Waals surface area contributed by atoms with Crippen LogP contribution in [-0.4, -0.2) is 5.78 Å². The summed E-state index contributed by atoms with van der Waals surface area (Å²) in [4.78, 5) is 11.7. The topological polar surface area (TPSA) is 17.1 Å². The van der Waals surface area contributed by atoms with Crippen LogP contribution in [-0.2, 0) is 0 Å². The number of carbonyl (C=O) groups excluding carboxylic acids is 1. The van der Waals surface area contributed by atoms with Crippen molar-refractivity contribution in [2.75, 3.05) is 0 Å². The van der Waals surface area contributed by atoms with Crippen molar-refractivity contribution in [3.05, 3.63) is 33.3 Å². The van der Waals surface area contributed by atoms with E-state index in [0.29, 0.717) is 22.9 Å². The number of rotatable bonds is 3. The number of hydrogen-bond acceptors (Lipinski definition) is 1. The molecule has 0 saturated heterocycles. The van der Waals surface area contributed by atoms with Crippen LogP contribution in [0, 0.1) is 5.92 Å². The van der Waals surface area contributed by atoms with E-state index in [0.717, 1.165) is 4.47 Å². The van der Waals surface area contributed by atoms with Crippen molar-refractivity contribution in [1.29, 1.82) is 0 Å². The Morgan fingerprint density at radius 1 is 1.50 bits per heavy atom. The van der Waals surface area contributed by atoms with Crippen LogP contribution in [0.15, 0.2) is 22.7 Å². The summed E-state index contributed by atoms with van der Waals surface area (Å²) >= 11 is 9.25. The van der Waals surface area contributed by atoms with Gasteiger partial charge >= 0.3 is 0 Å². The molecule has 0 aromatic heterocycles. The van der Waals surface area contributed by atoms with Crippen LogP contribution in [0.5, 0.6) is 0 Å². The fourth-order valence-corrected chi connectivity index (χ4v) is 1.78. The molecule has 0 bridgehead atoms. The summed E-state index contributed by atoms with van der Waals surface area (Å²) in [6.45, 7) is 4.04. The zero-order valence-electron chi connectivity index (χ0n) is 8.18. The molecule has 0 fully saturated rings. The highest BCUT2D eigenvalue weighted by atomic mass is 79.9. The molecule has 14 heavy (non-hydrogen) atoms. The van der Waals surface area contributed by atoms with Crippen LogP contribution in [0.25, 0.3) is 0 Å². The first kappa shape index (κ1) is 11.7. The Balaban J connectivity index is 2.94. The predicted molar refractivity (Wildman–Crippen MR) is 62.9 cm³/mol. The summed E-state index contributed by atoms with van der Waals surface area (Å²) in [6.07, 6.45) is 0.538. The van der Waals surface area contributed by atoms with E-state index in [1.54, 1.807) is 12.1 Å². The molecule has 0 aliphatic rings. The Kier molecular flexibility index (Phi) is 4.14. The summed E-state index contributed by atoms with van der Waals surface area (Å²) in [5.41, 5.74) is 0.606. The normalized spacial score (nSPS) is 10.6. The van der Waals surface area contributed by atoms with Crippen molar-refractivity contribution in [3.63, 3.8) is 0 Å². The first-order valence-corrected chi connectivity index (χ1v) is 5.66. The van der Waals surface area contributed by atoms with Crippen molar-refractivity contribution in [1.82, 2.24) is 0 Å². The second-order valence-corrected chi connectivity index (χ2v) is 4.97. The van der Waals surface area contributed by atoms with Gasteiger partial charge in [-0.2, -0.15) is 0 Å². The van der Waals surface area contributed by atoms with Crippen molar-refractivity contribution in [3.8, 4) is 0 Å². The highest BCUT2D eigenvalue weighted by molar-refractivity contribution is 9.10. The van der Waals surface area contributed by atoms with Gasteiger partial charge in [0.1, 0.15) is 0 Å². The highest BCUT2D eigenvalue weighted by Gasteiger charge is 2.12. The maximum atomic E-state index is 11.7. The molecule has 0 N–H and O–H groups in total. The lowest BCUT2D eigenvalue weighted by atomic mass is 10.0. The van der Waals surface area contributed by atoms with Gasteiger partial charge in [-0.15, -0.1) is 0 Å². The summed E-state index contributed by atoms with van der Waals surface area (Å²) in [5.74, 6) is 0.462. The summed E-state index contributed by atoms with van der Waals surface area (Å²) < 4.78 is 0.883. The molecule has 3 heteroatoms. The second-order valence-electron chi connectivity index (χ2n) is 3.65. The molecule has 0 aliphatic carbocycles. The number of halogens is 2. The van der Waals surface area contributed by atoms with Crippen LogP contribution in [0.4, 0.5) is 0 Å². The van der Waals surface area contributed by atoms with Gasteiger partial charge in [0.2, 0.25) is 0 Å². The first-order valence-electron chi connectivity index (χ1n) is 4.49. The third-order valence-corrected chi connectivity index (χ3v) is 2.65. The Morgan fingerprint density at radius 3 is 2.71 bits per heavy atom. The van der Waals surface area contributed by atoms with Crippen LogP contribution < -0.4 is 0 Å². The number of ketones is 1. The van der Waals surface area contributed by atoms with Crippen LogP contribution in [0.3, 0.4) is 0 Å². The Morgan fingerprint density at radius 2 is 2.14 bits per heavy atom. The van der Waals surface area contributed by atoms with Gasteiger partial charge in [0.05, 0.1) is 5.02 Å². The molecule has 0 saturated carbocycles. The molecule has 1 rings (SSSR count). The minimum Gasteiger partial charge on any atom is -0.294 e. The number of hydrogen-bond donors (Lipinski definition) is 0. The van der Waals surface area contributed by atoms with Crippen molar-refractivity contribution in [2.24, 2.45) is 5.92 Å². The maximum absolute atomic E-state index is 11.7. The van der Waals surface area contributed by atoms with Crippen LogP contribution >= 0.6 is 27.5 Å². The lowest BCUT2D eigenvalue weighted by molar-refractivity contribution is 0.0968. The van der Waals surface area contributed by atoms with Crippen molar-refractivity contribution >= 4 is 33.3 Å². The minimum atomic E-state index is 0.103. The van der Waals surface area contributed by atoms with E-state index >= 15 is 0 Å². The molecule has 1 nitrogen and oxygen atoms in total. The quantitative estimate of drug-likeness (QED) is 0.750. The molecular weight excluding hydrogens is 263 g/mol. The van der Waals surface area contributed by atoms with Crippen LogP contribution in [0.1, 0.15) is 30.6 Å². The van der Waals surface area contributed by atoms with Gasteiger partial charge in [-0.1, -0.05) is 41.4 Å². The Labute approximate surface area is 97.6 Å². The summed E-state index contributed by atoms with van der Waals surface area (Å²) in [5, 5.41) is 0.527. The molecule has 1 aromatic carbocycles. The van der Waals surface area contributed by atoms with Gasteiger partial charge in [-0.25, -0.2) is 0 Å². The predicted octanol–water partition coefficient (Wildman–Crippen LogP) is 4.33. The van der Waals surface area contributed by atoms with E-state index in [2.05, 4.69) is 15.9 Å². The first-order chi connectivity index (χ1) is 6.50. The summed E-state index contributed by atoms with van der Waals surface area (Å²) in [6, 6.07) is 5.33. The number of benzene rings is 1. The number of carbonyl (C=O) groups is 1. The lowest BCUT2D eigenvalue weighted by Crippen LogP contribution is -2.04. The van der Waals surface area contributed by atoms with Gasteiger partial charge in [0.25, 0.3) is 0 Å². The smallest absolute Gasteiger partial charge is 0.164 e. The molecule has 0 heterocycles. The molecular formula is C11H12BrClO. The van der Waals surface area contributed by atoms with E-state index in [9.17, 15) is 4.79 Å². The van der Waals surface area contributed by atoms with Crippen molar-refractivity contribution in [2.45, 2.75) is 20.3 Å². The fraction of sp³-hybridized carbons (Fsp3) is 0.364. The van der Waals surface area contributed by atoms with Gasteiger partial charge in [-0.3, -0.25) is 4.79 Å². The van der Waals surface area contributed by atoms with E-state index < -0.39 is 0 Å². The molecule has 0 aliphatic heterocycles. The van der Waals surface area contributed by atoms with E-state index in [4.69, 9.17) is 11.6 Å². The zero-order chi connectivity index (χ0) is 10.7. The molecule has 0 amide bonds. The summed E-state index contributed by atoms with van der Waals surface area (Å²) in [7, 11) is 0. The van der Waals surface area contributed by atoms with E-state index in [-0.39, 0.29) is 5.78 Å². The Bertz CT molecular complexity index is 347. The highest BCUT2D eigenvalue weighted by Crippen LogP contribution is 2.23.